The van der Waals surface area contributed by atoms with Crippen LogP contribution in [0.3, 0.4) is 0 Å². The number of carbonyl (C=O) groups excluding carboxylic acids is 3. The van der Waals surface area contributed by atoms with Crippen molar-refractivity contribution >= 4 is 23.5 Å². The zero-order valence-corrected chi connectivity index (χ0v) is 17.5. The van der Waals surface area contributed by atoms with E-state index in [-0.39, 0.29) is 18.2 Å². The van der Waals surface area contributed by atoms with Crippen LogP contribution in [-0.2, 0) is 22.4 Å². The number of carbonyl (C=O) groups is 3. The van der Waals surface area contributed by atoms with Crippen molar-refractivity contribution in [3.63, 3.8) is 0 Å². The molecule has 0 aliphatic carbocycles. The lowest BCUT2D eigenvalue weighted by atomic mass is 9.93. The number of ether oxygens (including phenoxy) is 1. The van der Waals surface area contributed by atoms with Crippen molar-refractivity contribution in [1.29, 1.82) is 0 Å². The average molecular weight is 443 g/mol. The first-order chi connectivity index (χ1) is 15.3. The van der Waals surface area contributed by atoms with E-state index in [1.54, 1.807) is 24.0 Å². The molecule has 0 saturated carbocycles. The third-order valence-corrected chi connectivity index (χ3v) is 5.89. The molecule has 0 bridgehead atoms. The molecular formula is C23H23F2N3O4. The predicted molar refractivity (Wildman–Crippen MR) is 113 cm³/mol. The molecule has 1 N–H and O–H groups in total. The molecule has 2 aromatic rings. The van der Waals surface area contributed by atoms with Crippen LogP contribution in [0.15, 0.2) is 48.5 Å². The zero-order valence-electron chi connectivity index (χ0n) is 17.5. The lowest BCUT2D eigenvalue weighted by Crippen LogP contribution is -2.46. The molecule has 0 unspecified atom stereocenters. The summed E-state index contributed by atoms with van der Waals surface area (Å²) in [4.78, 5) is 40.9. The number of fused-ring (bicyclic) bond motifs is 1. The molecular weight excluding hydrogens is 420 g/mol. The molecule has 0 radical (unpaired) electrons. The maximum atomic E-state index is 13.0. The van der Waals surface area contributed by atoms with Gasteiger partial charge >= 0.3 is 12.6 Å². The molecule has 32 heavy (non-hydrogen) atoms. The fourth-order valence-corrected chi connectivity index (χ4v) is 4.11. The average Bonchev–Trinajstić information content (AvgIpc) is 3.28. The number of hydrogen-bond donors (Lipinski definition) is 1. The molecule has 1 fully saturated rings. The summed E-state index contributed by atoms with van der Waals surface area (Å²) in [6, 6.07) is 13.1. The topological polar surface area (TPSA) is 79.0 Å². The summed E-state index contributed by atoms with van der Waals surface area (Å²) in [6.07, 6.45) is 1.46. The SMILES string of the molecule is C[C@]1(CCc2ccc(OC(F)F)cc2)NC(=O)N(CC(=O)N2CCc3ccccc32)C1=O. The van der Waals surface area contributed by atoms with Crippen LogP contribution < -0.4 is 15.0 Å². The van der Waals surface area contributed by atoms with Gasteiger partial charge in [-0.3, -0.25) is 14.5 Å². The minimum absolute atomic E-state index is 0.0494. The Bertz CT molecular complexity index is 1040. The van der Waals surface area contributed by atoms with Gasteiger partial charge in [0.2, 0.25) is 5.91 Å². The maximum absolute atomic E-state index is 13.0. The fraction of sp³-hybridized carbons (Fsp3) is 0.348. The highest BCUT2D eigenvalue weighted by molar-refractivity contribution is 6.10. The number of nitrogens with zero attached hydrogens (tertiary/aromatic N) is 2. The second-order valence-corrected chi connectivity index (χ2v) is 8.10. The molecule has 2 heterocycles. The minimum atomic E-state index is -2.89. The normalized spacial score (nSPS) is 20.0. The Morgan fingerprint density at radius 2 is 1.88 bits per heavy atom. The molecule has 168 valence electrons. The van der Waals surface area contributed by atoms with E-state index in [4.69, 9.17) is 0 Å². The van der Waals surface area contributed by atoms with E-state index in [1.165, 1.54) is 12.1 Å². The van der Waals surface area contributed by atoms with Gasteiger partial charge < -0.3 is 15.0 Å². The third-order valence-electron chi connectivity index (χ3n) is 5.89. The van der Waals surface area contributed by atoms with Crippen molar-refractivity contribution < 1.29 is 27.9 Å². The highest BCUT2D eigenvalue weighted by atomic mass is 19.3. The van der Waals surface area contributed by atoms with Crippen LogP contribution in [0.2, 0.25) is 0 Å². The third kappa shape index (κ3) is 4.28. The van der Waals surface area contributed by atoms with Crippen LogP contribution in [-0.4, -0.2) is 48.0 Å². The number of halogens is 2. The van der Waals surface area contributed by atoms with Gasteiger partial charge in [0.1, 0.15) is 17.8 Å². The largest absolute Gasteiger partial charge is 0.435 e. The van der Waals surface area contributed by atoms with Crippen LogP contribution >= 0.6 is 0 Å². The number of aryl methyl sites for hydroxylation is 1. The van der Waals surface area contributed by atoms with Gasteiger partial charge in [-0.25, -0.2) is 4.79 Å². The Hall–Kier alpha value is -3.49. The summed E-state index contributed by atoms with van der Waals surface area (Å²) in [5, 5.41) is 2.70. The molecule has 4 rings (SSSR count). The molecule has 0 spiro atoms. The number of urea groups is 1. The van der Waals surface area contributed by atoms with Crippen LogP contribution in [0.5, 0.6) is 5.75 Å². The van der Waals surface area contributed by atoms with Gasteiger partial charge in [-0.1, -0.05) is 30.3 Å². The quantitative estimate of drug-likeness (QED) is 0.667. The Balaban J connectivity index is 1.38. The highest BCUT2D eigenvalue weighted by Crippen LogP contribution is 2.29. The molecule has 0 aromatic heterocycles. The molecule has 7 nitrogen and oxygen atoms in total. The van der Waals surface area contributed by atoms with Crippen LogP contribution in [0.4, 0.5) is 19.3 Å². The van der Waals surface area contributed by atoms with Gasteiger partial charge in [0.05, 0.1) is 0 Å². The number of anilines is 1. The second kappa shape index (κ2) is 8.57. The number of benzene rings is 2. The molecule has 2 aliphatic rings. The fourth-order valence-electron chi connectivity index (χ4n) is 4.11. The van der Waals surface area contributed by atoms with Gasteiger partial charge in [0.25, 0.3) is 5.91 Å². The van der Waals surface area contributed by atoms with Crippen molar-refractivity contribution in [1.82, 2.24) is 10.2 Å². The minimum Gasteiger partial charge on any atom is -0.435 e. The molecule has 4 amide bonds. The number of amides is 4. The summed E-state index contributed by atoms with van der Waals surface area (Å²) in [5.74, 6) is -0.716. The van der Waals surface area contributed by atoms with Gasteiger partial charge in [-0.2, -0.15) is 8.78 Å². The van der Waals surface area contributed by atoms with E-state index in [0.717, 1.165) is 28.1 Å². The maximum Gasteiger partial charge on any atom is 0.387 e. The Morgan fingerprint density at radius 1 is 1.16 bits per heavy atom. The van der Waals surface area contributed by atoms with Crippen LogP contribution in [0.1, 0.15) is 24.5 Å². The van der Waals surface area contributed by atoms with E-state index in [1.807, 2.05) is 24.3 Å². The molecule has 1 saturated heterocycles. The first kappa shape index (κ1) is 21.7. The first-order valence-electron chi connectivity index (χ1n) is 10.3. The summed E-state index contributed by atoms with van der Waals surface area (Å²) < 4.78 is 28.9. The van der Waals surface area contributed by atoms with Gasteiger partial charge in [0.15, 0.2) is 0 Å². The van der Waals surface area contributed by atoms with Crippen molar-refractivity contribution in [3.05, 3.63) is 59.7 Å². The lowest BCUT2D eigenvalue weighted by Gasteiger charge is -2.23. The lowest BCUT2D eigenvalue weighted by molar-refractivity contribution is -0.134. The van der Waals surface area contributed by atoms with E-state index in [9.17, 15) is 23.2 Å². The summed E-state index contributed by atoms with van der Waals surface area (Å²) in [5.41, 5.74) is 1.52. The van der Waals surface area contributed by atoms with E-state index >= 15 is 0 Å². The van der Waals surface area contributed by atoms with E-state index in [2.05, 4.69) is 10.1 Å². The van der Waals surface area contributed by atoms with Crippen molar-refractivity contribution in [2.75, 3.05) is 18.0 Å². The predicted octanol–water partition coefficient (Wildman–Crippen LogP) is 3.12. The Morgan fingerprint density at radius 3 is 2.59 bits per heavy atom. The number of alkyl halides is 2. The van der Waals surface area contributed by atoms with Crippen molar-refractivity contribution in [3.8, 4) is 5.75 Å². The highest BCUT2D eigenvalue weighted by Gasteiger charge is 2.48. The van der Waals surface area contributed by atoms with E-state index < -0.39 is 24.1 Å². The smallest absolute Gasteiger partial charge is 0.387 e. The number of para-hydroxylation sites is 1. The Labute approximate surface area is 183 Å². The van der Waals surface area contributed by atoms with Crippen molar-refractivity contribution in [2.45, 2.75) is 38.3 Å². The Kier molecular flexibility index (Phi) is 5.82. The number of imide groups is 1. The molecule has 9 heteroatoms. The van der Waals surface area contributed by atoms with Crippen LogP contribution in [0.25, 0.3) is 0 Å². The zero-order chi connectivity index (χ0) is 22.9. The standard InChI is InChI=1S/C23H23F2N3O4/c1-23(12-10-15-6-8-17(9-7-15)32-21(24)25)20(30)28(22(31)26-23)14-19(29)27-13-11-16-4-2-3-5-18(16)27/h2-9,21H,10-14H2,1H3,(H,26,31)/t23-/m1/s1. The molecule has 2 aromatic carbocycles. The van der Waals surface area contributed by atoms with Gasteiger partial charge in [-0.15, -0.1) is 0 Å². The number of rotatable bonds is 7. The number of hydrogen-bond acceptors (Lipinski definition) is 4. The monoisotopic (exact) mass is 443 g/mol. The van der Waals surface area contributed by atoms with Gasteiger partial charge in [0, 0.05) is 12.2 Å². The summed E-state index contributed by atoms with van der Waals surface area (Å²) in [6.45, 7) is -1.08. The number of nitrogens with one attached hydrogen (secondary N) is 1. The van der Waals surface area contributed by atoms with E-state index in [0.29, 0.717) is 19.4 Å². The van der Waals surface area contributed by atoms with Gasteiger partial charge in [-0.05, 0) is 55.5 Å². The second-order valence-electron chi connectivity index (χ2n) is 8.10. The first-order valence-corrected chi connectivity index (χ1v) is 10.3. The molecule has 2 aliphatic heterocycles. The summed E-state index contributed by atoms with van der Waals surface area (Å²) in [7, 11) is 0. The summed E-state index contributed by atoms with van der Waals surface area (Å²) >= 11 is 0. The molecule has 1 atom stereocenters. The van der Waals surface area contributed by atoms with Crippen LogP contribution in [0, 0.1) is 0 Å². The van der Waals surface area contributed by atoms with Crippen molar-refractivity contribution in [2.24, 2.45) is 0 Å².